The van der Waals surface area contributed by atoms with Crippen molar-refractivity contribution in [2.24, 2.45) is 0 Å². The van der Waals surface area contributed by atoms with Crippen molar-refractivity contribution >= 4 is 64.0 Å². The number of nitrogens with zero attached hydrogens (tertiary/aromatic N) is 4. The number of pyridine rings is 1. The van der Waals surface area contributed by atoms with E-state index in [2.05, 4.69) is 21.2 Å². The Bertz CT molecular complexity index is 1760. The second-order valence-electron chi connectivity index (χ2n) is 11.4. The second-order valence-corrected chi connectivity index (χ2v) is 11.4. The van der Waals surface area contributed by atoms with Crippen LogP contribution in [-0.2, 0) is 38.4 Å². The van der Waals surface area contributed by atoms with Crippen molar-refractivity contribution in [1.82, 2.24) is 35.4 Å². The molecule has 3 rings (SSSR count). The van der Waals surface area contributed by atoms with Gasteiger partial charge in [-0.05, 0) is 24.6 Å². The van der Waals surface area contributed by atoms with Crippen molar-refractivity contribution in [2.45, 2.75) is 13.3 Å². The average molecular weight is 712 g/mol. The predicted molar refractivity (Wildman–Crippen MR) is 169 cm³/mol. The van der Waals surface area contributed by atoms with E-state index in [1.807, 2.05) is 0 Å². The lowest BCUT2D eigenvalue weighted by atomic mass is 10.1. The number of carbonyl (C=O) groups excluding carboxylic acids is 8. The van der Waals surface area contributed by atoms with Crippen LogP contribution >= 0.6 is 0 Å². The molecule has 1 aromatic heterocycles. The smallest absolute Gasteiger partial charge is 0.253 e. The molecular formula is C31H35N8O12-3. The number of anilines is 1. The van der Waals surface area contributed by atoms with Gasteiger partial charge in [0.05, 0.1) is 36.5 Å². The van der Waals surface area contributed by atoms with Gasteiger partial charge in [0.15, 0.2) is 0 Å². The maximum atomic E-state index is 12.8. The van der Waals surface area contributed by atoms with Crippen LogP contribution in [0.4, 0.5) is 5.69 Å². The molecule has 0 radical (unpaired) electrons. The number of hydrogen-bond acceptors (Lipinski definition) is 15. The maximum Gasteiger partial charge on any atom is 0.253 e. The van der Waals surface area contributed by atoms with Crippen molar-refractivity contribution in [3.8, 4) is 0 Å². The summed E-state index contributed by atoms with van der Waals surface area (Å²) in [6, 6.07) is 6.26. The largest absolute Gasteiger partial charge is 0.549 e. The van der Waals surface area contributed by atoms with E-state index < -0.39 is 80.2 Å². The molecule has 20 nitrogen and oxygen atoms in total. The fourth-order valence-electron chi connectivity index (χ4n) is 5.04. The number of hydrogen-bond donors (Lipinski definition) is 4. The third kappa shape index (κ3) is 13.4. The molecule has 0 unspecified atom stereocenters. The van der Waals surface area contributed by atoms with Crippen LogP contribution in [0.2, 0.25) is 0 Å². The Morgan fingerprint density at radius 3 is 1.76 bits per heavy atom. The molecule has 1 aliphatic heterocycles. The number of carboxylic acids is 3. The normalized spacial score (nSPS) is 12.6. The Morgan fingerprint density at radius 2 is 1.20 bits per heavy atom. The number of imide groups is 1. The van der Waals surface area contributed by atoms with Crippen LogP contribution in [0, 0.1) is 6.92 Å². The van der Waals surface area contributed by atoms with Crippen LogP contribution in [0.1, 0.15) is 12.0 Å². The number of nitrogens with one attached hydrogen (secondary N) is 4. The molecule has 20 heteroatoms. The molecule has 51 heavy (non-hydrogen) atoms. The van der Waals surface area contributed by atoms with Crippen molar-refractivity contribution in [1.29, 1.82) is 0 Å². The van der Waals surface area contributed by atoms with E-state index >= 15 is 0 Å². The molecule has 1 aromatic carbocycles. The van der Waals surface area contributed by atoms with Gasteiger partial charge in [0.1, 0.15) is 0 Å². The van der Waals surface area contributed by atoms with E-state index in [1.54, 1.807) is 25.1 Å². The van der Waals surface area contributed by atoms with E-state index in [0.717, 1.165) is 32.9 Å². The number of aromatic nitrogens is 1. The zero-order chi connectivity index (χ0) is 37.7. The summed E-state index contributed by atoms with van der Waals surface area (Å²) in [5.41, 5.74) is 5.34. The van der Waals surface area contributed by atoms with Gasteiger partial charge in [0.25, 0.3) is 17.7 Å². The van der Waals surface area contributed by atoms with Crippen LogP contribution in [0.25, 0.3) is 10.9 Å². The Kier molecular flexibility index (Phi) is 14.5. The van der Waals surface area contributed by atoms with Crippen molar-refractivity contribution in [3.63, 3.8) is 0 Å². The molecule has 274 valence electrons. The van der Waals surface area contributed by atoms with Gasteiger partial charge in [-0.15, -0.1) is 0 Å². The number of amides is 5. The molecule has 2 heterocycles. The fraction of sp³-hybridized carbons (Fsp3) is 0.387. The topological polar surface area (TPSA) is 288 Å². The third-order valence-corrected chi connectivity index (χ3v) is 7.40. The number of carboxylic acid groups (broad SMARTS) is 3. The molecule has 2 aromatic rings. The highest BCUT2D eigenvalue weighted by Crippen LogP contribution is 2.19. The number of fused-ring (bicyclic) bond motifs is 1. The monoisotopic (exact) mass is 711 g/mol. The molecule has 1 aliphatic rings. The first kappa shape index (κ1) is 39.4. The molecule has 5 amide bonds. The van der Waals surface area contributed by atoms with Gasteiger partial charge in [-0.2, -0.15) is 0 Å². The predicted octanol–water partition coefficient (Wildman–Crippen LogP) is -6.61. The maximum absolute atomic E-state index is 12.8. The zero-order valence-electron chi connectivity index (χ0n) is 27.4. The summed E-state index contributed by atoms with van der Waals surface area (Å²) in [4.78, 5) is 114. The summed E-state index contributed by atoms with van der Waals surface area (Å²) >= 11 is 0. The Balaban J connectivity index is 1.54. The number of hydrazine groups is 1. The number of H-pyrrole nitrogens is 1. The van der Waals surface area contributed by atoms with Crippen LogP contribution < -0.4 is 37.0 Å². The van der Waals surface area contributed by atoms with Gasteiger partial charge >= 0.3 is 0 Å². The van der Waals surface area contributed by atoms with Crippen molar-refractivity contribution in [2.75, 3.05) is 70.8 Å². The molecular weight excluding hydrogens is 676 g/mol. The van der Waals surface area contributed by atoms with E-state index in [0.29, 0.717) is 11.2 Å². The van der Waals surface area contributed by atoms with E-state index in [9.17, 15) is 58.5 Å². The first-order valence-corrected chi connectivity index (χ1v) is 15.4. The minimum atomic E-state index is -1.56. The SMILES string of the molecule is Cc1cc(=O)[nH]c2cc(NC(=O)CN(CCN(CCN(CC(=O)[O-])CC(=O)NNC(=O)CCN3C(=O)C=CC3=O)CC(=O)[O-])CC(=O)[O-])ccc12. The van der Waals surface area contributed by atoms with E-state index in [4.69, 9.17) is 0 Å². The third-order valence-electron chi connectivity index (χ3n) is 7.40. The van der Waals surface area contributed by atoms with Gasteiger partial charge < -0.3 is 40.0 Å². The van der Waals surface area contributed by atoms with Gasteiger partial charge in [0.2, 0.25) is 17.4 Å². The Hall–Kier alpha value is -5.99. The lowest BCUT2D eigenvalue weighted by Gasteiger charge is -2.30. The van der Waals surface area contributed by atoms with Crippen molar-refractivity contribution in [3.05, 3.63) is 52.3 Å². The Morgan fingerprint density at radius 1 is 0.686 bits per heavy atom. The number of aryl methyl sites for hydroxylation is 1. The molecule has 0 aliphatic carbocycles. The number of aromatic amines is 1. The molecule has 0 saturated carbocycles. The average Bonchev–Trinajstić information content (AvgIpc) is 3.35. The zero-order valence-corrected chi connectivity index (χ0v) is 27.4. The molecule has 0 atom stereocenters. The van der Waals surface area contributed by atoms with Crippen LogP contribution in [0.5, 0.6) is 0 Å². The van der Waals surface area contributed by atoms with E-state index in [-0.39, 0.29) is 44.7 Å². The highest BCUT2D eigenvalue weighted by molar-refractivity contribution is 6.13. The highest BCUT2D eigenvalue weighted by Gasteiger charge is 2.24. The van der Waals surface area contributed by atoms with Gasteiger partial charge in [0, 0.05) is 88.1 Å². The van der Waals surface area contributed by atoms with Crippen LogP contribution in [0.3, 0.4) is 0 Å². The summed E-state index contributed by atoms with van der Waals surface area (Å²) in [5, 5.41) is 37.6. The van der Waals surface area contributed by atoms with Crippen LogP contribution in [-0.4, -0.2) is 137 Å². The summed E-state index contributed by atoms with van der Waals surface area (Å²) in [6.07, 6.45) is 1.76. The lowest BCUT2D eigenvalue weighted by molar-refractivity contribution is -0.308. The van der Waals surface area contributed by atoms with Gasteiger partial charge in [-0.3, -0.25) is 59.2 Å². The second kappa shape index (κ2) is 18.7. The summed E-state index contributed by atoms with van der Waals surface area (Å²) < 4.78 is 0. The lowest BCUT2D eigenvalue weighted by Crippen LogP contribution is -2.51. The molecule has 0 spiro atoms. The minimum absolute atomic E-state index is 0.135. The first-order valence-electron chi connectivity index (χ1n) is 15.4. The van der Waals surface area contributed by atoms with Gasteiger partial charge in [-0.25, -0.2) is 0 Å². The summed E-state index contributed by atoms with van der Waals surface area (Å²) in [5.74, 6) is -7.99. The van der Waals surface area contributed by atoms with Crippen LogP contribution in [0.15, 0.2) is 41.2 Å². The highest BCUT2D eigenvalue weighted by atomic mass is 16.4. The number of aliphatic carboxylic acids is 3. The molecule has 0 bridgehead atoms. The minimum Gasteiger partial charge on any atom is -0.549 e. The van der Waals surface area contributed by atoms with E-state index in [1.165, 1.54) is 15.9 Å². The van der Waals surface area contributed by atoms with Crippen molar-refractivity contribution < 1.29 is 53.7 Å². The Labute approximate surface area is 289 Å². The number of carbonyl (C=O) groups is 8. The fourth-order valence-corrected chi connectivity index (χ4v) is 5.04. The van der Waals surface area contributed by atoms with Gasteiger partial charge in [-0.1, -0.05) is 6.07 Å². The molecule has 0 fully saturated rings. The molecule has 0 saturated heterocycles. The summed E-state index contributed by atoms with van der Waals surface area (Å²) in [7, 11) is 0. The first-order chi connectivity index (χ1) is 24.1. The number of benzene rings is 1. The standard InChI is InChI=1S/C31H38N8O12/c1-19-12-24(41)33-22-13-20(2-3-21(19)22)32-25(42)14-37(17-30(48)49)10-8-36(16-29(46)47)9-11-38(18-31(50)51)15-26(43)35-34-23(40)6-7-39-27(44)4-5-28(39)45/h2-5,12-13H,6-11,14-18H2,1H3,(H,32,42)(H,33,41)(H,34,40)(H,35,43)(H,46,47)(H,48,49)(H,50,51)/p-3. The molecule has 4 N–H and O–H groups in total. The summed E-state index contributed by atoms with van der Waals surface area (Å²) in [6.45, 7) is -2.29. The quantitative estimate of drug-likeness (QED) is 0.0734. The number of rotatable bonds is 20.